The van der Waals surface area contributed by atoms with E-state index in [-0.39, 0.29) is 0 Å². The number of thiazole rings is 1. The van der Waals surface area contributed by atoms with Gasteiger partial charge in [0.2, 0.25) is 0 Å². The van der Waals surface area contributed by atoms with Gasteiger partial charge in [-0.15, -0.1) is 0 Å². The molecule has 0 bridgehead atoms. The Kier molecular flexibility index (Phi) is 3.67. The highest BCUT2D eigenvalue weighted by Crippen LogP contribution is 2.35. The van der Waals surface area contributed by atoms with Crippen molar-refractivity contribution in [1.29, 1.82) is 0 Å². The lowest BCUT2D eigenvalue weighted by molar-refractivity contribution is 0.479. The van der Waals surface area contributed by atoms with Crippen molar-refractivity contribution in [2.75, 3.05) is 0 Å². The SMILES string of the molecule is c1cnc2nc(Oc3ccc4c(CC5CCCC5)coc4c3)sc2c1. The van der Waals surface area contributed by atoms with Crippen LogP contribution in [0.25, 0.3) is 21.3 Å². The Morgan fingerprint density at radius 1 is 1.20 bits per heavy atom. The van der Waals surface area contributed by atoms with Gasteiger partial charge in [0.25, 0.3) is 5.19 Å². The minimum absolute atomic E-state index is 0.603. The molecule has 1 aromatic carbocycles. The first-order valence-corrected chi connectivity index (χ1v) is 9.56. The number of nitrogens with zero attached hydrogens (tertiary/aromatic N) is 2. The maximum Gasteiger partial charge on any atom is 0.281 e. The highest BCUT2D eigenvalue weighted by atomic mass is 32.1. The maximum absolute atomic E-state index is 5.92. The molecule has 0 radical (unpaired) electrons. The van der Waals surface area contributed by atoms with Gasteiger partial charge < -0.3 is 9.15 Å². The Balaban J connectivity index is 1.40. The maximum atomic E-state index is 5.92. The summed E-state index contributed by atoms with van der Waals surface area (Å²) >= 11 is 1.50. The number of ether oxygens (including phenoxy) is 1. The first-order chi connectivity index (χ1) is 12.3. The zero-order valence-electron chi connectivity index (χ0n) is 13.8. The monoisotopic (exact) mass is 350 g/mol. The van der Waals surface area contributed by atoms with Crippen LogP contribution in [0.15, 0.2) is 47.2 Å². The Morgan fingerprint density at radius 2 is 2.12 bits per heavy atom. The van der Waals surface area contributed by atoms with E-state index in [4.69, 9.17) is 9.15 Å². The molecule has 5 rings (SSSR count). The van der Waals surface area contributed by atoms with Gasteiger partial charge in [0.15, 0.2) is 5.65 Å². The number of benzene rings is 1. The van der Waals surface area contributed by atoms with Gasteiger partial charge >= 0.3 is 0 Å². The third-order valence-electron chi connectivity index (χ3n) is 4.96. The minimum Gasteiger partial charge on any atom is -0.464 e. The summed E-state index contributed by atoms with van der Waals surface area (Å²) in [5.41, 5.74) is 2.92. The summed E-state index contributed by atoms with van der Waals surface area (Å²) in [4.78, 5) is 8.66. The average Bonchev–Trinajstić information content (AvgIpc) is 3.35. The van der Waals surface area contributed by atoms with Crippen molar-refractivity contribution in [3.8, 4) is 10.9 Å². The van der Waals surface area contributed by atoms with Crippen LogP contribution >= 0.6 is 11.3 Å². The molecule has 0 aliphatic heterocycles. The molecule has 1 fully saturated rings. The Bertz CT molecular complexity index is 997. The molecular formula is C20H18N2O2S. The molecule has 0 N–H and O–H groups in total. The van der Waals surface area contributed by atoms with E-state index in [1.807, 2.05) is 30.5 Å². The normalized spacial score (nSPS) is 15.4. The van der Waals surface area contributed by atoms with E-state index in [0.29, 0.717) is 5.19 Å². The smallest absolute Gasteiger partial charge is 0.281 e. The first-order valence-electron chi connectivity index (χ1n) is 8.75. The largest absolute Gasteiger partial charge is 0.464 e. The van der Waals surface area contributed by atoms with Crippen LogP contribution < -0.4 is 4.74 Å². The topological polar surface area (TPSA) is 48.2 Å². The van der Waals surface area contributed by atoms with E-state index >= 15 is 0 Å². The average molecular weight is 350 g/mol. The predicted octanol–water partition coefficient (Wildman–Crippen LogP) is 5.96. The fourth-order valence-electron chi connectivity index (χ4n) is 3.70. The highest BCUT2D eigenvalue weighted by molar-refractivity contribution is 7.20. The minimum atomic E-state index is 0.603. The molecule has 25 heavy (non-hydrogen) atoms. The van der Waals surface area contributed by atoms with Crippen LogP contribution in [0.2, 0.25) is 0 Å². The summed E-state index contributed by atoms with van der Waals surface area (Å²) in [5, 5.41) is 1.80. The summed E-state index contributed by atoms with van der Waals surface area (Å²) in [5.74, 6) is 1.56. The fourth-order valence-corrected chi connectivity index (χ4v) is 4.50. The molecule has 0 spiro atoms. The third-order valence-corrected chi connectivity index (χ3v) is 5.85. The molecule has 1 aliphatic carbocycles. The summed E-state index contributed by atoms with van der Waals surface area (Å²) in [6, 6.07) is 9.95. The van der Waals surface area contributed by atoms with Gasteiger partial charge in [0.05, 0.1) is 11.0 Å². The first kappa shape index (κ1) is 14.9. The van der Waals surface area contributed by atoms with E-state index in [1.165, 1.54) is 48.0 Å². The van der Waals surface area contributed by atoms with Crippen LogP contribution in [0.1, 0.15) is 31.2 Å². The number of rotatable bonds is 4. The molecule has 1 aliphatic rings. The second-order valence-electron chi connectivity index (χ2n) is 6.68. The van der Waals surface area contributed by atoms with Gasteiger partial charge in [0.1, 0.15) is 11.3 Å². The van der Waals surface area contributed by atoms with Gasteiger partial charge in [-0.05, 0) is 42.2 Å². The molecule has 1 saturated carbocycles. The number of hydrogen-bond donors (Lipinski definition) is 0. The Morgan fingerprint density at radius 3 is 3.00 bits per heavy atom. The second-order valence-corrected chi connectivity index (χ2v) is 7.67. The summed E-state index contributed by atoms with van der Waals surface area (Å²) < 4.78 is 12.7. The van der Waals surface area contributed by atoms with Gasteiger partial charge in [0, 0.05) is 17.6 Å². The van der Waals surface area contributed by atoms with Crippen molar-refractivity contribution in [1.82, 2.24) is 9.97 Å². The summed E-state index contributed by atoms with van der Waals surface area (Å²) in [7, 11) is 0. The number of hydrogen-bond acceptors (Lipinski definition) is 5. The van der Waals surface area contributed by atoms with Gasteiger partial charge in [-0.1, -0.05) is 37.0 Å². The van der Waals surface area contributed by atoms with E-state index < -0.39 is 0 Å². The number of aromatic nitrogens is 2. The quantitative estimate of drug-likeness (QED) is 0.455. The molecule has 0 unspecified atom stereocenters. The molecular weight excluding hydrogens is 332 g/mol. The molecule has 126 valence electrons. The fraction of sp³-hybridized carbons (Fsp3) is 0.300. The number of furan rings is 1. The molecule has 3 heterocycles. The molecule has 0 saturated heterocycles. The van der Waals surface area contributed by atoms with Gasteiger partial charge in [-0.3, -0.25) is 0 Å². The molecule has 4 nitrogen and oxygen atoms in total. The van der Waals surface area contributed by atoms with Crippen molar-refractivity contribution >= 4 is 32.7 Å². The number of fused-ring (bicyclic) bond motifs is 2. The van der Waals surface area contributed by atoms with Gasteiger partial charge in [-0.2, -0.15) is 4.98 Å². The van der Waals surface area contributed by atoms with E-state index in [0.717, 1.165) is 34.0 Å². The van der Waals surface area contributed by atoms with Crippen molar-refractivity contribution in [3.05, 3.63) is 48.4 Å². The Hall–Kier alpha value is -2.40. The van der Waals surface area contributed by atoms with Crippen LogP contribution in [0, 0.1) is 5.92 Å². The van der Waals surface area contributed by atoms with Crippen LogP contribution in [-0.4, -0.2) is 9.97 Å². The zero-order valence-corrected chi connectivity index (χ0v) is 14.6. The molecule has 5 heteroatoms. The van der Waals surface area contributed by atoms with Crippen molar-refractivity contribution < 1.29 is 9.15 Å². The zero-order chi connectivity index (χ0) is 16.6. The molecule has 4 aromatic rings. The van der Waals surface area contributed by atoms with E-state index in [1.54, 1.807) is 6.20 Å². The summed E-state index contributed by atoms with van der Waals surface area (Å²) in [6.45, 7) is 0. The summed E-state index contributed by atoms with van der Waals surface area (Å²) in [6.07, 6.45) is 10.2. The lowest BCUT2D eigenvalue weighted by Crippen LogP contribution is -1.97. The lowest BCUT2D eigenvalue weighted by Gasteiger charge is -2.06. The second kappa shape index (κ2) is 6.15. The highest BCUT2D eigenvalue weighted by Gasteiger charge is 2.18. The number of pyridine rings is 1. The lowest BCUT2D eigenvalue weighted by atomic mass is 9.98. The van der Waals surface area contributed by atoms with Gasteiger partial charge in [-0.25, -0.2) is 4.98 Å². The van der Waals surface area contributed by atoms with E-state index in [9.17, 15) is 0 Å². The third kappa shape index (κ3) is 2.89. The standard InChI is InChI=1S/C20H18N2O2S/c1-2-5-13(4-1)10-14-12-23-17-11-15(7-8-16(14)17)24-20-22-19-18(25-20)6-3-9-21-19/h3,6-9,11-13H,1-2,4-5,10H2. The van der Waals surface area contributed by atoms with Crippen LogP contribution in [0.4, 0.5) is 0 Å². The van der Waals surface area contributed by atoms with Crippen molar-refractivity contribution in [2.45, 2.75) is 32.1 Å². The Labute approximate surface area is 149 Å². The van der Waals surface area contributed by atoms with E-state index in [2.05, 4.69) is 16.0 Å². The van der Waals surface area contributed by atoms with Crippen molar-refractivity contribution in [2.24, 2.45) is 5.92 Å². The van der Waals surface area contributed by atoms with Crippen LogP contribution in [0.3, 0.4) is 0 Å². The predicted molar refractivity (Wildman–Crippen MR) is 99.4 cm³/mol. The molecule has 3 aromatic heterocycles. The molecule has 0 atom stereocenters. The van der Waals surface area contributed by atoms with Crippen LogP contribution in [0.5, 0.6) is 10.9 Å². The van der Waals surface area contributed by atoms with Crippen molar-refractivity contribution in [3.63, 3.8) is 0 Å². The van der Waals surface area contributed by atoms with Crippen LogP contribution in [-0.2, 0) is 6.42 Å². The molecule has 0 amide bonds.